The van der Waals surface area contributed by atoms with Crippen molar-refractivity contribution in [3.8, 4) is 0 Å². The average molecular weight is 322 g/mol. The summed E-state index contributed by atoms with van der Waals surface area (Å²) in [6.07, 6.45) is 3.69. The number of carbonyl (C=O) groups excluding carboxylic acids is 1. The molecule has 0 saturated carbocycles. The van der Waals surface area contributed by atoms with Gasteiger partial charge in [0.1, 0.15) is 0 Å². The van der Waals surface area contributed by atoms with Crippen molar-refractivity contribution < 1.29 is 9.53 Å². The summed E-state index contributed by atoms with van der Waals surface area (Å²) in [5.41, 5.74) is 1.15. The second-order valence-corrected chi connectivity index (χ2v) is 8.35. The molecule has 122 valence electrons. The summed E-state index contributed by atoms with van der Waals surface area (Å²) < 4.78 is 9.94. The van der Waals surface area contributed by atoms with Crippen LogP contribution in [0.1, 0.15) is 50.6 Å². The molecule has 1 aromatic rings. The zero-order chi connectivity index (χ0) is 15.7. The maximum atomic E-state index is 12.6. The van der Waals surface area contributed by atoms with Crippen molar-refractivity contribution in [2.75, 3.05) is 19.8 Å². The summed E-state index contributed by atoms with van der Waals surface area (Å²) in [6.45, 7) is 9.22. The van der Waals surface area contributed by atoms with Crippen LogP contribution in [0.15, 0.2) is 6.07 Å². The molecule has 0 N–H and O–H groups in total. The third kappa shape index (κ3) is 3.42. The van der Waals surface area contributed by atoms with E-state index >= 15 is 0 Å². The van der Waals surface area contributed by atoms with E-state index in [0.717, 1.165) is 49.6 Å². The standard InChI is InChI=1S/C17H26N2O2S/c1-17(2,3)16-11-13(22-18-16)10-15(20)14-4-7-19(14)12-5-8-21-9-6-12/h11-12,14H,4-10H2,1-3H3/t14-/m0/s1. The Morgan fingerprint density at radius 2 is 2.09 bits per heavy atom. The fourth-order valence-electron chi connectivity index (χ4n) is 3.25. The maximum Gasteiger partial charge on any atom is 0.155 e. The molecule has 2 aliphatic heterocycles. The highest BCUT2D eigenvalue weighted by atomic mass is 32.1. The number of rotatable bonds is 4. The van der Waals surface area contributed by atoms with Crippen LogP contribution in [0.4, 0.5) is 0 Å². The normalized spacial score (nSPS) is 24.2. The van der Waals surface area contributed by atoms with Gasteiger partial charge in [0.15, 0.2) is 5.78 Å². The van der Waals surface area contributed by atoms with E-state index in [9.17, 15) is 4.79 Å². The molecular weight excluding hydrogens is 296 g/mol. The second kappa shape index (κ2) is 6.38. The number of likely N-dealkylation sites (tertiary alicyclic amines) is 1. The Balaban J connectivity index is 1.58. The summed E-state index contributed by atoms with van der Waals surface area (Å²) in [6, 6.07) is 2.78. The summed E-state index contributed by atoms with van der Waals surface area (Å²) >= 11 is 1.48. The van der Waals surface area contributed by atoms with E-state index in [1.807, 2.05) is 0 Å². The zero-order valence-electron chi connectivity index (χ0n) is 13.8. The van der Waals surface area contributed by atoms with Gasteiger partial charge in [0.05, 0.1) is 11.7 Å². The number of nitrogens with zero attached hydrogens (tertiary/aromatic N) is 2. The molecular formula is C17H26N2O2S. The van der Waals surface area contributed by atoms with Crippen LogP contribution >= 0.6 is 11.5 Å². The van der Waals surface area contributed by atoms with Gasteiger partial charge < -0.3 is 4.74 Å². The highest BCUT2D eigenvalue weighted by molar-refractivity contribution is 7.05. The Morgan fingerprint density at radius 1 is 1.36 bits per heavy atom. The van der Waals surface area contributed by atoms with E-state index in [2.05, 4.69) is 36.1 Å². The molecule has 4 nitrogen and oxygen atoms in total. The molecule has 0 bridgehead atoms. The van der Waals surface area contributed by atoms with E-state index in [1.54, 1.807) is 0 Å². The molecule has 0 aliphatic carbocycles. The number of ketones is 1. The van der Waals surface area contributed by atoms with Crippen molar-refractivity contribution in [2.24, 2.45) is 0 Å². The molecule has 2 aliphatic rings. The van der Waals surface area contributed by atoms with Crippen LogP contribution in [0.25, 0.3) is 0 Å². The van der Waals surface area contributed by atoms with Crippen molar-refractivity contribution in [1.82, 2.24) is 9.27 Å². The Morgan fingerprint density at radius 3 is 2.64 bits per heavy atom. The quantitative estimate of drug-likeness (QED) is 0.855. The molecule has 1 atom stereocenters. The molecule has 0 radical (unpaired) electrons. The Hall–Kier alpha value is -0.780. The third-order valence-corrected chi connectivity index (χ3v) is 5.55. The van der Waals surface area contributed by atoms with Gasteiger partial charge in [-0.1, -0.05) is 20.8 Å². The van der Waals surface area contributed by atoms with Crippen molar-refractivity contribution in [3.05, 3.63) is 16.6 Å². The van der Waals surface area contributed by atoms with Crippen molar-refractivity contribution in [2.45, 2.75) is 64.0 Å². The largest absolute Gasteiger partial charge is 0.381 e. The highest BCUT2D eigenvalue weighted by Gasteiger charge is 2.38. The minimum absolute atomic E-state index is 0.0579. The van der Waals surface area contributed by atoms with Crippen LogP contribution in [0.2, 0.25) is 0 Å². The van der Waals surface area contributed by atoms with Gasteiger partial charge in [0, 0.05) is 42.5 Å². The summed E-state index contributed by atoms with van der Waals surface area (Å²) in [4.78, 5) is 16.1. The molecule has 2 saturated heterocycles. The summed E-state index contributed by atoms with van der Waals surface area (Å²) in [5.74, 6) is 0.363. The van der Waals surface area contributed by atoms with Gasteiger partial charge in [-0.05, 0) is 36.9 Å². The monoisotopic (exact) mass is 322 g/mol. The molecule has 0 spiro atoms. The number of hydrogen-bond acceptors (Lipinski definition) is 5. The van der Waals surface area contributed by atoms with Crippen LogP contribution in [0.5, 0.6) is 0 Å². The van der Waals surface area contributed by atoms with Crippen LogP contribution in [0.3, 0.4) is 0 Å². The van der Waals surface area contributed by atoms with Gasteiger partial charge in [0.25, 0.3) is 0 Å². The van der Waals surface area contributed by atoms with Gasteiger partial charge in [-0.25, -0.2) is 0 Å². The van der Waals surface area contributed by atoms with Gasteiger partial charge in [-0.2, -0.15) is 4.37 Å². The molecule has 1 aromatic heterocycles. The predicted molar refractivity (Wildman–Crippen MR) is 88.5 cm³/mol. The van der Waals surface area contributed by atoms with Crippen LogP contribution in [-0.4, -0.2) is 46.9 Å². The molecule has 2 fully saturated rings. The first-order valence-corrected chi connectivity index (χ1v) is 9.05. The zero-order valence-corrected chi connectivity index (χ0v) is 14.6. The topological polar surface area (TPSA) is 42.4 Å². The molecule has 3 heterocycles. The Bertz CT molecular complexity index is 529. The number of hydrogen-bond donors (Lipinski definition) is 0. The smallest absolute Gasteiger partial charge is 0.155 e. The fraction of sp³-hybridized carbons (Fsp3) is 0.765. The van der Waals surface area contributed by atoms with Gasteiger partial charge >= 0.3 is 0 Å². The number of ether oxygens (including phenoxy) is 1. The van der Waals surface area contributed by atoms with Crippen molar-refractivity contribution in [1.29, 1.82) is 0 Å². The second-order valence-electron chi connectivity index (χ2n) is 7.46. The first-order valence-electron chi connectivity index (χ1n) is 8.27. The first kappa shape index (κ1) is 16.1. The van der Waals surface area contributed by atoms with E-state index in [1.165, 1.54) is 11.5 Å². The molecule has 3 rings (SSSR count). The summed E-state index contributed by atoms with van der Waals surface area (Å²) in [5, 5.41) is 0. The Kier molecular flexibility index (Phi) is 4.67. The SMILES string of the molecule is CC(C)(C)c1cc(CC(=O)[C@@H]2CCN2C2CCOCC2)sn1. The van der Waals surface area contributed by atoms with E-state index in [-0.39, 0.29) is 11.5 Å². The molecule has 22 heavy (non-hydrogen) atoms. The lowest BCUT2D eigenvalue weighted by molar-refractivity contribution is -0.131. The Labute approximate surface area is 137 Å². The van der Waals surface area contributed by atoms with Gasteiger partial charge in [-0.3, -0.25) is 9.69 Å². The lowest BCUT2D eigenvalue weighted by Crippen LogP contribution is -2.58. The van der Waals surface area contributed by atoms with Crippen molar-refractivity contribution >= 4 is 17.3 Å². The molecule has 0 aromatic carbocycles. The molecule has 0 unspecified atom stereocenters. The number of aromatic nitrogens is 1. The lowest BCUT2D eigenvalue weighted by Gasteiger charge is -2.46. The predicted octanol–water partition coefficient (Wildman–Crippen LogP) is 2.81. The lowest BCUT2D eigenvalue weighted by atomic mass is 9.90. The van der Waals surface area contributed by atoms with Gasteiger partial charge in [-0.15, -0.1) is 0 Å². The highest BCUT2D eigenvalue weighted by Crippen LogP contribution is 2.29. The van der Waals surface area contributed by atoms with Crippen LogP contribution in [0, 0.1) is 0 Å². The fourth-order valence-corrected chi connectivity index (χ4v) is 4.16. The van der Waals surface area contributed by atoms with Gasteiger partial charge in [0.2, 0.25) is 0 Å². The van der Waals surface area contributed by atoms with Crippen molar-refractivity contribution in [3.63, 3.8) is 0 Å². The van der Waals surface area contributed by atoms with Crippen LogP contribution in [-0.2, 0) is 21.4 Å². The van der Waals surface area contributed by atoms with E-state index in [4.69, 9.17) is 4.74 Å². The maximum absolute atomic E-state index is 12.6. The molecule has 5 heteroatoms. The summed E-state index contributed by atoms with van der Waals surface area (Å²) in [7, 11) is 0. The van der Waals surface area contributed by atoms with E-state index < -0.39 is 0 Å². The number of carbonyl (C=O) groups is 1. The third-order valence-electron chi connectivity index (χ3n) is 4.77. The average Bonchev–Trinajstić information content (AvgIpc) is 2.87. The van der Waals surface area contributed by atoms with Crippen LogP contribution < -0.4 is 0 Å². The minimum atomic E-state index is 0.0579. The minimum Gasteiger partial charge on any atom is -0.381 e. The first-order chi connectivity index (χ1) is 10.4. The number of Topliss-reactive ketones (excluding diaryl/α,β-unsaturated/α-hetero) is 1. The van der Waals surface area contributed by atoms with E-state index in [0.29, 0.717) is 18.2 Å². The molecule has 0 amide bonds.